The van der Waals surface area contributed by atoms with Gasteiger partial charge in [0, 0.05) is 12.0 Å². The van der Waals surface area contributed by atoms with Gasteiger partial charge in [0.25, 0.3) is 0 Å². The highest BCUT2D eigenvalue weighted by molar-refractivity contribution is 6.01. The van der Waals surface area contributed by atoms with Crippen molar-refractivity contribution in [3.8, 4) is 0 Å². The molecule has 3 nitrogen and oxygen atoms in total. The molecule has 0 heterocycles. The number of carbonyl (C=O) groups excluding carboxylic acids is 1. The minimum absolute atomic E-state index is 0.121. The fraction of sp³-hybridized carbons (Fsp3) is 0.222. The van der Waals surface area contributed by atoms with Crippen molar-refractivity contribution in [2.75, 3.05) is 0 Å². The van der Waals surface area contributed by atoms with Gasteiger partial charge in [0.1, 0.15) is 5.69 Å². The first-order chi connectivity index (χ1) is 5.83. The first-order valence-corrected chi connectivity index (χ1v) is 3.81. The summed E-state index contributed by atoms with van der Waals surface area (Å²) in [5, 5.41) is 2.87. The van der Waals surface area contributed by atoms with Crippen LogP contribution in [0.15, 0.2) is 23.4 Å². The Morgan fingerprint density at radius 2 is 2.08 bits per heavy atom. The summed E-state index contributed by atoms with van der Waals surface area (Å²) in [5.41, 5.74) is 1.91. The zero-order valence-corrected chi connectivity index (χ0v) is 6.41. The summed E-state index contributed by atoms with van der Waals surface area (Å²) in [6.07, 6.45) is 1.18. The second kappa shape index (κ2) is 2.52. The molecule has 2 rings (SSSR count). The maximum atomic E-state index is 11.2. The smallest absolute Gasteiger partial charge is 0.163 e. The van der Waals surface area contributed by atoms with Crippen LogP contribution >= 0.6 is 0 Å². The molecule has 1 aromatic carbocycles. The molecule has 0 fully saturated rings. The van der Waals surface area contributed by atoms with Crippen molar-refractivity contribution in [3.05, 3.63) is 34.2 Å². The maximum Gasteiger partial charge on any atom is 0.163 e. The van der Waals surface area contributed by atoms with E-state index in [9.17, 15) is 9.70 Å². The van der Waals surface area contributed by atoms with Gasteiger partial charge >= 0.3 is 0 Å². The van der Waals surface area contributed by atoms with Crippen LogP contribution in [0.3, 0.4) is 0 Å². The fourth-order valence-electron chi connectivity index (χ4n) is 1.56. The average molecular weight is 161 g/mol. The molecule has 0 atom stereocenters. The molecule has 1 aliphatic rings. The Balaban J connectivity index is 2.65. The van der Waals surface area contributed by atoms with Crippen LogP contribution in [0.1, 0.15) is 22.3 Å². The van der Waals surface area contributed by atoms with E-state index < -0.39 is 0 Å². The first kappa shape index (κ1) is 7.16. The Hall–Kier alpha value is -1.51. The van der Waals surface area contributed by atoms with Crippen molar-refractivity contribution in [1.29, 1.82) is 0 Å². The second-order valence-corrected chi connectivity index (χ2v) is 2.82. The highest BCUT2D eigenvalue weighted by Gasteiger charge is 2.21. The summed E-state index contributed by atoms with van der Waals surface area (Å²) < 4.78 is 0. The third-order valence-electron chi connectivity index (χ3n) is 2.15. The van der Waals surface area contributed by atoms with Crippen LogP contribution in [0.2, 0.25) is 0 Å². The van der Waals surface area contributed by atoms with Crippen LogP contribution in [-0.2, 0) is 6.42 Å². The quantitative estimate of drug-likeness (QED) is 0.593. The van der Waals surface area contributed by atoms with E-state index in [0.29, 0.717) is 24.1 Å². The molecule has 1 aliphatic carbocycles. The van der Waals surface area contributed by atoms with E-state index in [0.717, 1.165) is 5.56 Å². The predicted molar refractivity (Wildman–Crippen MR) is 44.5 cm³/mol. The topological polar surface area (TPSA) is 46.5 Å². The van der Waals surface area contributed by atoms with Gasteiger partial charge in [-0.05, 0) is 23.2 Å². The summed E-state index contributed by atoms with van der Waals surface area (Å²) in [4.78, 5) is 21.5. The first-order valence-electron chi connectivity index (χ1n) is 3.81. The van der Waals surface area contributed by atoms with Crippen molar-refractivity contribution in [2.45, 2.75) is 12.8 Å². The lowest BCUT2D eigenvalue weighted by Gasteiger charge is -1.97. The number of ketones is 1. The highest BCUT2D eigenvalue weighted by Crippen LogP contribution is 2.30. The Morgan fingerprint density at radius 1 is 1.25 bits per heavy atom. The standard InChI is InChI=1S/C9H7NO2/c11-9-5-4-6-7(9)2-1-3-8(6)10-12/h1-3H,4-5H2. The van der Waals surface area contributed by atoms with Gasteiger partial charge in [-0.1, -0.05) is 12.1 Å². The largest absolute Gasteiger partial charge is 0.294 e. The van der Waals surface area contributed by atoms with Crippen LogP contribution in [0, 0.1) is 4.91 Å². The lowest BCUT2D eigenvalue weighted by molar-refractivity contribution is 0.0994. The molecule has 0 unspecified atom stereocenters. The Bertz CT molecular complexity index is 358. The lowest BCUT2D eigenvalue weighted by Crippen LogP contribution is -1.89. The summed E-state index contributed by atoms with van der Waals surface area (Å²) in [5.74, 6) is 0.121. The van der Waals surface area contributed by atoms with Gasteiger partial charge in [-0.15, -0.1) is 4.91 Å². The number of hydrogen-bond acceptors (Lipinski definition) is 3. The van der Waals surface area contributed by atoms with Crippen molar-refractivity contribution >= 4 is 11.5 Å². The highest BCUT2D eigenvalue weighted by atomic mass is 16.3. The summed E-state index contributed by atoms with van der Waals surface area (Å²) >= 11 is 0. The van der Waals surface area contributed by atoms with Gasteiger partial charge < -0.3 is 0 Å². The number of nitroso groups, excluding NO2 is 1. The number of hydrogen-bond donors (Lipinski definition) is 0. The molecule has 0 saturated heterocycles. The Labute approximate surface area is 69.4 Å². The molecular formula is C9H7NO2. The summed E-state index contributed by atoms with van der Waals surface area (Å²) in [6, 6.07) is 5.09. The molecule has 0 aromatic heterocycles. The molecule has 0 bridgehead atoms. The van der Waals surface area contributed by atoms with Crippen molar-refractivity contribution < 1.29 is 4.79 Å². The zero-order valence-electron chi connectivity index (χ0n) is 6.41. The normalized spacial score (nSPS) is 14.5. The van der Waals surface area contributed by atoms with E-state index in [-0.39, 0.29) is 5.78 Å². The van der Waals surface area contributed by atoms with Crippen LogP contribution in [0.25, 0.3) is 0 Å². The van der Waals surface area contributed by atoms with Gasteiger partial charge in [0.05, 0.1) is 0 Å². The molecule has 0 saturated carbocycles. The molecule has 0 radical (unpaired) electrons. The molecular weight excluding hydrogens is 154 g/mol. The summed E-state index contributed by atoms with van der Waals surface area (Å²) in [6.45, 7) is 0. The summed E-state index contributed by atoms with van der Waals surface area (Å²) in [7, 11) is 0. The molecule has 3 heteroatoms. The SMILES string of the molecule is O=Nc1cccc2c1CCC2=O. The van der Waals surface area contributed by atoms with Crippen LogP contribution < -0.4 is 0 Å². The monoisotopic (exact) mass is 161 g/mol. The molecule has 0 amide bonds. The van der Waals surface area contributed by atoms with Crippen LogP contribution in [0.4, 0.5) is 5.69 Å². The number of nitrogens with zero attached hydrogens (tertiary/aromatic N) is 1. The lowest BCUT2D eigenvalue weighted by atomic mass is 10.1. The number of Topliss-reactive ketones (excluding diaryl/α,β-unsaturated/α-hetero) is 1. The van der Waals surface area contributed by atoms with Crippen molar-refractivity contribution in [2.24, 2.45) is 5.18 Å². The fourth-order valence-corrected chi connectivity index (χ4v) is 1.56. The molecule has 0 spiro atoms. The Morgan fingerprint density at radius 3 is 2.83 bits per heavy atom. The zero-order chi connectivity index (χ0) is 8.55. The van der Waals surface area contributed by atoms with Gasteiger partial charge in [0.2, 0.25) is 0 Å². The molecule has 0 aliphatic heterocycles. The van der Waals surface area contributed by atoms with Crippen LogP contribution in [0.5, 0.6) is 0 Å². The molecule has 60 valence electrons. The second-order valence-electron chi connectivity index (χ2n) is 2.82. The number of carbonyl (C=O) groups is 1. The van der Waals surface area contributed by atoms with E-state index in [2.05, 4.69) is 5.18 Å². The van der Waals surface area contributed by atoms with E-state index in [1.807, 2.05) is 0 Å². The third-order valence-corrected chi connectivity index (χ3v) is 2.15. The molecule has 12 heavy (non-hydrogen) atoms. The Kier molecular flexibility index (Phi) is 1.50. The maximum absolute atomic E-state index is 11.2. The number of fused-ring (bicyclic) bond motifs is 1. The molecule has 0 N–H and O–H groups in total. The minimum atomic E-state index is 0.121. The van der Waals surface area contributed by atoms with Crippen LogP contribution in [-0.4, -0.2) is 5.78 Å². The average Bonchev–Trinajstić information content (AvgIpc) is 2.48. The number of benzene rings is 1. The number of rotatable bonds is 1. The van der Waals surface area contributed by atoms with E-state index in [1.165, 1.54) is 0 Å². The van der Waals surface area contributed by atoms with Gasteiger partial charge in [-0.25, -0.2) is 0 Å². The predicted octanol–water partition coefficient (Wildman–Crippen LogP) is 2.21. The molecule has 1 aromatic rings. The van der Waals surface area contributed by atoms with Gasteiger partial charge in [-0.2, -0.15) is 0 Å². The minimum Gasteiger partial charge on any atom is -0.294 e. The van der Waals surface area contributed by atoms with E-state index >= 15 is 0 Å². The van der Waals surface area contributed by atoms with E-state index in [1.54, 1.807) is 18.2 Å². The van der Waals surface area contributed by atoms with Gasteiger partial charge in [-0.3, -0.25) is 4.79 Å². The van der Waals surface area contributed by atoms with Crippen molar-refractivity contribution in [3.63, 3.8) is 0 Å². The van der Waals surface area contributed by atoms with E-state index in [4.69, 9.17) is 0 Å². The van der Waals surface area contributed by atoms with Gasteiger partial charge in [0.15, 0.2) is 5.78 Å². The third kappa shape index (κ3) is 0.863. The van der Waals surface area contributed by atoms with Crippen molar-refractivity contribution in [1.82, 2.24) is 0 Å².